The number of hydrogen-bond acceptors (Lipinski definition) is 4. The molecule has 0 radical (unpaired) electrons. The van der Waals surface area contributed by atoms with Crippen LogP contribution in [0, 0.1) is 0 Å². The van der Waals surface area contributed by atoms with Gasteiger partial charge in [-0.05, 0) is 24.8 Å². The third-order valence-electron chi connectivity index (χ3n) is 2.47. The zero-order valence-corrected chi connectivity index (χ0v) is 11.7. The molecule has 2 nitrogen and oxygen atoms in total. The molecule has 0 bridgehead atoms. The molecule has 2 aromatic rings. The SMILES string of the molecule is CCc1nc(CNc2ccccc2SC)cs1. The van der Waals surface area contributed by atoms with E-state index in [4.69, 9.17) is 0 Å². The minimum absolute atomic E-state index is 0.800. The first kappa shape index (κ1) is 12.5. The second kappa shape index (κ2) is 6.07. The van der Waals surface area contributed by atoms with Gasteiger partial charge in [0.25, 0.3) is 0 Å². The summed E-state index contributed by atoms with van der Waals surface area (Å²) in [5.41, 5.74) is 2.31. The third-order valence-corrected chi connectivity index (χ3v) is 4.31. The summed E-state index contributed by atoms with van der Waals surface area (Å²) < 4.78 is 0. The monoisotopic (exact) mass is 264 g/mol. The van der Waals surface area contributed by atoms with Gasteiger partial charge in [-0.3, -0.25) is 0 Å². The molecule has 0 unspecified atom stereocenters. The average molecular weight is 264 g/mol. The maximum absolute atomic E-state index is 4.55. The molecule has 4 heteroatoms. The smallest absolute Gasteiger partial charge is 0.0926 e. The summed E-state index contributed by atoms with van der Waals surface area (Å²) in [6, 6.07) is 8.36. The van der Waals surface area contributed by atoms with E-state index in [-0.39, 0.29) is 0 Å². The lowest BCUT2D eigenvalue weighted by Gasteiger charge is -2.08. The number of aromatic nitrogens is 1. The van der Waals surface area contributed by atoms with Gasteiger partial charge < -0.3 is 5.32 Å². The van der Waals surface area contributed by atoms with Gasteiger partial charge in [-0.2, -0.15) is 0 Å². The van der Waals surface area contributed by atoms with Crippen LogP contribution in [0.1, 0.15) is 17.6 Å². The summed E-state index contributed by atoms with van der Waals surface area (Å²) in [4.78, 5) is 5.82. The van der Waals surface area contributed by atoms with Gasteiger partial charge in [0.1, 0.15) is 0 Å². The molecule has 2 rings (SSSR count). The molecule has 0 amide bonds. The Balaban J connectivity index is 2.01. The molecular weight excluding hydrogens is 248 g/mol. The van der Waals surface area contributed by atoms with Crippen molar-refractivity contribution in [1.29, 1.82) is 0 Å². The van der Waals surface area contributed by atoms with Crippen LogP contribution in [0.4, 0.5) is 5.69 Å². The maximum atomic E-state index is 4.55. The first-order valence-electron chi connectivity index (χ1n) is 5.63. The van der Waals surface area contributed by atoms with Crippen LogP contribution in [0.3, 0.4) is 0 Å². The molecule has 1 heterocycles. The van der Waals surface area contributed by atoms with E-state index in [1.54, 1.807) is 23.1 Å². The van der Waals surface area contributed by atoms with Crippen molar-refractivity contribution in [1.82, 2.24) is 4.98 Å². The van der Waals surface area contributed by atoms with E-state index >= 15 is 0 Å². The molecule has 0 atom stereocenters. The first-order valence-corrected chi connectivity index (χ1v) is 7.74. The van der Waals surface area contributed by atoms with Crippen molar-refractivity contribution in [2.75, 3.05) is 11.6 Å². The van der Waals surface area contributed by atoms with Gasteiger partial charge in [0.2, 0.25) is 0 Å². The Labute approximate surface area is 110 Å². The summed E-state index contributed by atoms with van der Waals surface area (Å²) >= 11 is 3.50. The summed E-state index contributed by atoms with van der Waals surface area (Å²) in [6.07, 6.45) is 3.12. The third kappa shape index (κ3) is 3.23. The van der Waals surface area contributed by atoms with Crippen LogP contribution in [0.25, 0.3) is 0 Å². The summed E-state index contributed by atoms with van der Waals surface area (Å²) in [5, 5.41) is 6.78. The van der Waals surface area contributed by atoms with Crippen LogP contribution in [-0.4, -0.2) is 11.2 Å². The van der Waals surface area contributed by atoms with Gasteiger partial charge in [-0.15, -0.1) is 23.1 Å². The first-order chi connectivity index (χ1) is 8.33. The van der Waals surface area contributed by atoms with Crippen LogP contribution >= 0.6 is 23.1 Å². The Morgan fingerprint density at radius 1 is 1.35 bits per heavy atom. The van der Waals surface area contributed by atoms with Gasteiger partial charge in [-0.25, -0.2) is 4.98 Å². The quantitative estimate of drug-likeness (QED) is 0.825. The van der Waals surface area contributed by atoms with E-state index in [2.05, 4.69) is 53.1 Å². The predicted octanol–water partition coefficient (Wildman–Crippen LogP) is 4.04. The Kier molecular flexibility index (Phi) is 4.45. The molecule has 0 fully saturated rings. The fourth-order valence-corrected chi connectivity index (χ4v) is 2.89. The van der Waals surface area contributed by atoms with E-state index < -0.39 is 0 Å². The highest BCUT2D eigenvalue weighted by Crippen LogP contribution is 2.25. The maximum Gasteiger partial charge on any atom is 0.0926 e. The number of anilines is 1. The lowest BCUT2D eigenvalue weighted by molar-refractivity contribution is 1.01. The van der Waals surface area contributed by atoms with Gasteiger partial charge in [0.05, 0.1) is 17.2 Å². The molecule has 90 valence electrons. The Bertz CT molecular complexity index is 480. The number of rotatable bonds is 5. The normalized spacial score (nSPS) is 10.5. The number of thiazole rings is 1. The molecule has 0 saturated heterocycles. The molecule has 0 saturated carbocycles. The molecule has 0 aliphatic carbocycles. The topological polar surface area (TPSA) is 24.9 Å². The van der Waals surface area contributed by atoms with Crippen molar-refractivity contribution >= 4 is 28.8 Å². The lowest BCUT2D eigenvalue weighted by atomic mass is 10.3. The number of benzene rings is 1. The van der Waals surface area contributed by atoms with Crippen LogP contribution in [-0.2, 0) is 13.0 Å². The number of nitrogens with one attached hydrogen (secondary N) is 1. The van der Waals surface area contributed by atoms with Gasteiger partial charge in [0, 0.05) is 16.0 Å². The predicted molar refractivity (Wildman–Crippen MR) is 77.0 cm³/mol. The minimum Gasteiger partial charge on any atom is -0.378 e. The van der Waals surface area contributed by atoms with Crippen LogP contribution in [0.5, 0.6) is 0 Å². The van der Waals surface area contributed by atoms with E-state index in [0.717, 1.165) is 18.7 Å². The summed E-state index contributed by atoms with van der Waals surface area (Å²) in [7, 11) is 0. The van der Waals surface area contributed by atoms with E-state index in [0.29, 0.717) is 0 Å². The van der Waals surface area contributed by atoms with Gasteiger partial charge in [0.15, 0.2) is 0 Å². The zero-order chi connectivity index (χ0) is 12.1. The van der Waals surface area contributed by atoms with Gasteiger partial charge in [-0.1, -0.05) is 19.1 Å². The van der Waals surface area contributed by atoms with Crippen LogP contribution in [0.2, 0.25) is 0 Å². The van der Waals surface area contributed by atoms with E-state index in [9.17, 15) is 0 Å². The number of aryl methyl sites for hydroxylation is 1. The standard InChI is InChI=1S/C13H16N2S2/c1-3-13-15-10(9-17-13)8-14-11-6-4-5-7-12(11)16-2/h4-7,9,14H,3,8H2,1-2H3. The van der Waals surface area contributed by atoms with Crippen LogP contribution in [0.15, 0.2) is 34.5 Å². The minimum atomic E-state index is 0.800. The van der Waals surface area contributed by atoms with Crippen molar-refractivity contribution in [3.8, 4) is 0 Å². The average Bonchev–Trinajstić information content (AvgIpc) is 2.84. The zero-order valence-electron chi connectivity index (χ0n) is 10.1. The molecule has 1 N–H and O–H groups in total. The Morgan fingerprint density at radius 3 is 2.88 bits per heavy atom. The summed E-state index contributed by atoms with van der Waals surface area (Å²) in [6.45, 7) is 2.94. The number of thioether (sulfide) groups is 1. The number of para-hydroxylation sites is 1. The van der Waals surface area contributed by atoms with Crippen molar-refractivity contribution in [3.63, 3.8) is 0 Å². The fourth-order valence-electron chi connectivity index (χ4n) is 1.57. The van der Waals surface area contributed by atoms with Crippen molar-refractivity contribution in [2.45, 2.75) is 24.8 Å². The molecule has 0 aliphatic heterocycles. The fraction of sp³-hybridized carbons (Fsp3) is 0.308. The molecule has 1 aromatic heterocycles. The highest BCUT2D eigenvalue weighted by Gasteiger charge is 2.02. The van der Waals surface area contributed by atoms with Gasteiger partial charge >= 0.3 is 0 Å². The van der Waals surface area contributed by atoms with Crippen molar-refractivity contribution < 1.29 is 0 Å². The van der Waals surface area contributed by atoms with Crippen molar-refractivity contribution in [2.24, 2.45) is 0 Å². The molecule has 0 spiro atoms. The molecule has 1 aromatic carbocycles. The molecular formula is C13H16N2S2. The highest BCUT2D eigenvalue weighted by atomic mass is 32.2. The number of nitrogens with zero attached hydrogens (tertiary/aromatic N) is 1. The molecule has 0 aliphatic rings. The van der Waals surface area contributed by atoms with E-state index in [1.807, 2.05) is 0 Å². The lowest BCUT2D eigenvalue weighted by Crippen LogP contribution is -2.00. The Morgan fingerprint density at radius 2 is 2.18 bits per heavy atom. The second-order valence-corrected chi connectivity index (χ2v) is 5.43. The largest absolute Gasteiger partial charge is 0.378 e. The second-order valence-electron chi connectivity index (χ2n) is 3.64. The summed E-state index contributed by atoms with van der Waals surface area (Å²) in [5.74, 6) is 0. The molecule has 17 heavy (non-hydrogen) atoms. The van der Waals surface area contributed by atoms with E-state index in [1.165, 1.54) is 15.6 Å². The Hall–Kier alpha value is -1.000. The van der Waals surface area contributed by atoms with Crippen LogP contribution < -0.4 is 5.32 Å². The van der Waals surface area contributed by atoms with Crippen molar-refractivity contribution in [3.05, 3.63) is 40.3 Å². The number of hydrogen-bond donors (Lipinski definition) is 1. The highest BCUT2D eigenvalue weighted by molar-refractivity contribution is 7.98.